The minimum atomic E-state index is -1.05. The van der Waals surface area contributed by atoms with E-state index in [9.17, 15) is 33.9 Å². The minimum absolute atomic E-state index is 0.108. The standard InChI is InChI=1S/2C16H23NO4.C13H17NO4/c1-10(2)7-14(16(19)20)17-15(18)9-12-5-6-13(21-4)8-11(12)3;1-5-10(2)15(16(19)20)17-14(18)9-12-6-7-13(21-4)8-11(12)3;1-8-6-11(18-3)5-4-10(8)7-12(15)14-9(2)13(16)17/h5-6,8,10,14H,7,9H2,1-4H3,(H,17,18)(H,19,20);6-8,10,15H,5,9H2,1-4H3,(H,17,18)(H,19,20);4-6,9H,7H2,1-3H3,(H,14,15)(H,16,17). The predicted octanol–water partition coefficient (Wildman–Crippen LogP) is 5.46. The van der Waals surface area contributed by atoms with Crippen LogP contribution in [0.25, 0.3) is 0 Å². The molecule has 0 fully saturated rings. The van der Waals surface area contributed by atoms with Crippen LogP contribution >= 0.6 is 0 Å². The van der Waals surface area contributed by atoms with Crippen LogP contribution < -0.4 is 30.2 Å². The number of methoxy groups -OCH3 is 3. The Morgan fingerprint density at radius 1 is 0.550 bits per heavy atom. The fourth-order valence-corrected chi connectivity index (χ4v) is 5.70. The van der Waals surface area contributed by atoms with Crippen LogP contribution in [0.1, 0.15) is 80.8 Å². The van der Waals surface area contributed by atoms with Gasteiger partial charge in [-0.15, -0.1) is 0 Å². The zero-order chi connectivity index (χ0) is 45.7. The van der Waals surface area contributed by atoms with E-state index in [1.54, 1.807) is 45.6 Å². The third-order valence-electron chi connectivity index (χ3n) is 9.59. The highest BCUT2D eigenvalue weighted by Gasteiger charge is 2.25. The molecule has 0 saturated heterocycles. The molecular weight excluding hydrogens is 775 g/mol. The van der Waals surface area contributed by atoms with Gasteiger partial charge in [-0.2, -0.15) is 0 Å². The van der Waals surface area contributed by atoms with Gasteiger partial charge in [0.1, 0.15) is 35.4 Å². The molecule has 4 unspecified atom stereocenters. The fourth-order valence-electron chi connectivity index (χ4n) is 5.70. The van der Waals surface area contributed by atoms with Crippen LogP contribution in [0, 0.1) is 32.6 Å². The third kappa shape index (κ3) is 18.6. The predicted molar refractivity (Wildman–Crippen MR) is 228 cm³/mol. The number of carboxylic acid groups (broad SMARTS) is 3. The molecule has 0 aromatic heterocycles. The molecule has 0 heterocycles. The van der Waals surface area contributed by atoms with Crippen molar-refractivity contribution in [3.05, 3.63) is 88.0 Å². The van der Waals surface area contributed by atoms with Gasteiger partial charge in [0.25, 0.3) is 0 Å². The number of hydrogen-bond acceptors (Lipinski definition) is 9. The van der Waals surface area contributed by atoms with Gasteiger partial charge in [-0.3, -0.25) is 19.2 Å². The van der Waals surface area contributed by atoms with Crippen LogP contribution in [-0.4, -0.2) is 90.4 Å². The summed E-state index contributed by atoms with van der Waals surface area (Å²) < 4.78 is 15.3. The van der Waals surface area contributed by atoms with E-state index in [2.05, 4.69) is 16.0 Å². The lowest BCUT2D eigenvalue weighted by molar-refractivity contribution is -0.143. The lowest BCUT2D eigenvalue weighted by atomic mass is 9.98. The smallest absolute Gasteiger partial charge is 0.326 e. The summed E-state index contributed by atoms with van der Waals surface area (Å²) in [4.78, 5) is 68.6. The molecule has 0 aliphatic carbocycles. The zero-order valence-electron chi connectivity index (χ0n) is 36.6. The number of carbonyl (C=O) groups excluding carboxylic acids is 3. The van der Waals surface area contributed by atoms with E-state index in [1.807, 2.05) is 78.8 Å². The number of hydrogen-bond donors (Lipinski definition) is 6. The van der Waals surface area contributed by atoms with E-state index in [0.717, 1.165) is 50.6 Å². The summed E-state index contributed by atoms with van der Waals surface area (Å²) in [5.41, 5.74) is 5.40. The maximum atomic E-state index is 12.0. The first-order valence-corrected chi connectivity index (χ1v) is 19.6. The number of amides is 3. The summed E-state index contributed by atoms with van der Waals surface area (Å²) in [5.74, 6) is -1.61. The highest BCUT2D eigenvalue weighted by Crippen LogP contribution is 2.20. The first-order valence-electron chi connectivity index (χ1n) is 19.6. The normalized spacial score (nSPS) is 12.4. The van der Waals surface area contributed by atoms with Gasteiger partial charge < -0.3 is 45.5 Å². The van der Waals surface area contributed by atoms with Crippen LogP contribution in [0.2, 0.25) is 0 Å². The third-order valence-corrected chi connectivity index (χ3v) is 9.59. The minimum Gasteiger partial charge on any atom is -0.497 e. The number of carbonyl (C=O) groups is 6. The van der Waals surface area contributed by atoms with Crippen molar-refractivity contribution in [1.82, 2.24) is 16.0 Å². The maximum absolute atomic E-state index is 12.0. The molecule has 15 heteroatoms. The van der Waals surface area contributed by atoms with Crippen molar-refractivity contribution in [3.8, 4) is 17.2 Å². The molecule has 3 amide bonds. The molecule has 0 spiro atoms. The van der Waals surface area contributed by atoms with Crippen LogP contribution in [0.5, 0.6) is 17.2 Å². The summed E-state index contributed by atoms with van der Waals surface area (Å²) >= 11 is 0. The molecule has 0 bridgehead atoms. The average Bonchev–Trinajstić information content (AvgIpc) is 3.18. The molecule has 0 aliphatic heterocycles. The van der Waals surface area contributed by atoms with Crippen molar-refractivity contribution in [1.29, 1.82) is 0 Å². The number of aliphatic carboxylic acids is 3. The summed E-state index contributed by atoms with van der Waals surface area (Å²) in [5, 5.41) is 34.6. The molecule has 3 rings (SSSR count). The number of nitrogens with one attached hydrogen (secondary N) is 3. The molecule has 60 heavy (non-hydrogen) atoms. The van der Waals surface area contributed by atoms with Gasteiger partial charge in [-0.25, -0.2) is 9.59 Å². The monoisotopic (exact) mass is 837 g/mol. The quantitative estimate of drug-likeness (QED) is 0.0886. The van der Waals surface area contributed by atoms with Gasteiger partial charge in [-0.1, -0.05) is 52.3 Å². The number of rotatable bonds is 19. The number of ether oxygens (including phenoxy) is 3. The van der Waals surface area contributed by atoms with Crippen molar-refractivity contribution in [3.63, 3.8) is 0 Å². The van der Waals surface area contributed by atoms with Gasteiger partial charge in [0, 0.05) is 0 Å². The molecule has 3 aromatic rings. The molecule has 4 atom stereocenters. The van der Waals surface area contributed by atoms with Crippen molar-refractivity contribution in [2.45, 2.75) is 106 Å². The highest BCUT2D eigenvalue weighted by molar-refractivity contribution is 5.86. The lowest BCUT2D eigenvalue weighted by Gasteiger charge is -2.20. The second kappa shape index (κ2) is 26.1. The van der Waals surface area contributed by atoms with Crippen molar-refractivity contribution in [2.75, 3.05) is 21.3 Å². The van der Waals surface area contributed by atoms with E-state index >= 15 is 0 Å². The van der Waals surface area contributed by atoms with E-state index in [1.165, 1.54) is 6.92 Å². The Morgan fingerprint density at radius 2 is 0.917 bits per heavy atom. The van der Waals surface area contributed by atoms with Crippen LogP contribution in [0.4, 0.5) is 0 Å². The Kier molecular flexibility index (Phi) is 22.6. The van der Waals surface area contributed by atoms with Crippen LogP contribution in [-0.2, 0) is 48.0 Å². The van der Waals surface area contributed by atoms with Crippen LogP contribution in [0.3, 0.4) is 0 Å². The first-order chi connectivity index (χ1) is 28.1. The fraction of sp³-hybridized carbons (Fsp3) is 0.467. The second-order valence-corrected chi connectivity index (χ2v) is 14.9. The van der Waals surface area contributed by atoms with Gasteiger partial charge in [0.05, 0.1) is 40.6 Å². The average molecular weight is 838 g/mol. The Hall–Kier alpha value is -6.12. The highest BCUT2D eigenvalue weighted by atomic mass is 16.5. The van der Waals surface area contributed by atoms with E-state index in [-0.39, 0.29) is 48.8 Å². The summed E-state index contributed by atoms with van der Waals surface area (Å²) in [6.07, 6.45) is 1.60. The summed E-state index contributed by atoms with van der Waals surface area (Å²) in [6.45, 7) is 14.7. The molecule has 0 aliphatic rings. The van der Waals surface area contributed by atoms with Crippen molar-refractivity contribution in [2.24, 2.45) is 11.8 Å². The topological polar surface area (TPSA) is 227 Å². The zero-order valence-corrected chi connectivity index (χ0v) is 36.6. The van der Waals surface area contributed by atoms with Gasteiger partial charge >= 0.3 is 17.9 Å². The number of carboxylic acids is 3. The Balaban J connectivity index is 0.000000452. The molecule has 0 saturated carbocycles. The number of aryl methyl sites for hydroxylation is 3. The summed E-state index contributed by atoms with van der Waals surface area (Å²) in [7, 11) is 4.75. The molecule has 330 valence electrons. The molecule has 15 nitrogen and oxygen atoms in total. The first kappa shape index (κ1) is 51.9. The molecule has 0 radical (unpaired) electrons. The lowest BCUT2D eigenvalue weighted by Crippen LogP contribution is -2.45. The van der Waals surface area contributed by atoms with Crippen LogP contribution in [0.15, 0.2) is 54.6 Å². The number of benzene rings is 3. The van der Waals surface area contributed by atoms with E-state index in [4.69, 9.17) is 24.4 Å². The Bertz CT molecular complexity index is 1910. The van der Waals surface area contributed by atoms with E-state index < -0.39 is 36.0 Å². The summed E-state index contributed by atoms with van der Waals surface area (Å²) in [6, 6.07) is 13.8. The molecule has 6 N–H and O–H groups in total. The largest absolute Gasteiger partial charge is 0.497 e. The van der Waals surface area contributed by atoms with Crippen molar-refractivity contribution < 1.29 is 58.3 Å². The molecular formula is C45H63N3O12. The SMILES string of the molecule is CCC(C)C(NC(=O)Cc1ccc(OC)cc1C)C(=O)O.COc1ccc(CC(=O)NC(C)C(=O)O)c(C)c1.COc1ccc(CC(=O)NC(CC(C)C)C(=O)O)c(C)c1. The van der Waals surface area contributed by atoms with Gasteiger partial charge in [0.2, 0.25) is 17.7 Å². The Morgan fingerprint density at radius 3 is 1.20 bits per heavy atom. The van der Waals surface area contributed by atoms with Gasteiger partial charge in [-0.05, 0) is 116 Å². The van der Waals surface area contributed by atoms with E-state index in [0.29, 0.717) is 12.8 Å². The Labute approximate surface area is 353 Å². The maximum Gasteiger partial charge on any atom is 0.326 e. The van der Waals surface area contributed by atoms with Gasteiger partial charge in [0.15, 0.2) is 0 Å². The second-order valence-electron chi connectivity index (χ2n) is 14.9. The molecule has 3 aromatic carbocycles. The van der Waals surface area contributed by atoms with Crippen molar-refractivity contribution >= 4 is 35.6 Å².